The van der Waals surface area contributed by atoms with E-state index >= 15 is 0 Å². The van der Waals surface area contributed by atoms with Crippen molar-refractivity contribution in [2.24, 2.45) is 5.73 Å². The summed E-state index contributed by atoms with van der Waals surface area (Å²) in [6.07, 6.45) is 2.12. The first kappa shape index (κ1) is 14.5. The van der Waals surface area contributed by atoms with Gasteiger partial charge in [0.05, 0.1) is 6.20 Å². The Labute approximate surface area is 116 Å². The number of hydrogen-bond acceptors (Lipinski definition) is 3. The highest BCUT2D eigenvalue weighted by Gasteiger charge is 2.05. The zero-order valence-electron chi connectivity index (χ0n) is 11.0. The number of nitrogens with two attached hydrogens (primary N) is 1. The molecule has 0 aliphatic heterocycles. The molecular formula is C14H17F2N3O. The lowest BCUT2D eigenvalue weighted by atomic mass is 10.1. The molecule has 0 spiro atoms. The smallest absolute Gasteiger partial charge is 0.272 e. The zero-order valence-corrected chi connectivity index (χ0v) is 11.0. The molecule has 0 unspecified atom stereocenters. The van der Waals surface area contributed by atoms with E-state index < -0.39 is 13.0 Å². The fraction of sp³-hybridized carbons (Fsp3) is 0.357. The summed E-state index contributed by atoms with van der Waals surface area (Å²) in [5.41, 5.74) is 7.39. The van der Waals surface area contributed by atoms with Crippen molar-refractivity contribution in [1.82, 2.24) is 9.78 Å². The minimum Gasteiger partial charge on any atom is -0.488 e. The van der Waals surface area contributed by atoms with Crippen molar-refractivity contribution >= 4 is 0 Å². The molecule has 0 aliphatic rings. The molecule has 2 aromatic rings. The van der Waals surface area contributed by atoms with Crippen molar-refractivity contribution in [3.63, 3.8) is 0 Å². The van der Waals surface area contributed by atoms with Gasteiger partial charge in [-0.2, -0.15) is 5.10 Å². The fourth-order valence-corrected chi connectivity index (χ4v) is 1.79. The summed E-state index contributed by atoms with van der Waals surface area (Å²) >= 11 is 0. The number of alkyl halides is 2. The van der Waals surface area contributed by atoms with Crippen LogP contribution in [-0.2, 0) is 6.54 Å². The first-order valence-corrected chi connectivity index (χ1v) is 6.43. The predicted molar refractivity (Wildman–Crippen MR) is 72.8 cm³/mol. The lowest BCUT2D eigenvalue weighted by Gasteiger charge is -2.05. The topological polar surface area (TPSA) is 53.1 Å². The Morgan fingerprint density at radius 3 is 2.60 bits per heavy atom. The van der Waals surface area contributed by atoms with Gasteiger partial charge in [0.2, 0.25) is 0 Å². The molecule has 0 aliphatic carbocycles. The predicted octanol–water partition coefficient (Wildman–Crippen LogP) is 2.54. The van der Waals surface area contributed by atoms with Crippen LogP contribution in [0.2, 0.25) is 0 Å². The van der Waals surface area contributed by atoms with E-state index in [0.717, 1.165) is 24.1 Å². The molecule has 1 aromatic carbocycles. The second kappa shape index (κ2) is 7.00. The molecule has 1 aromatic heterocycles. The number of aromatic nitrogens is 2. The van der Waals surface area contributed by atoms with E-state index in [4.69, 9.17) is 10.5 Å². The molecule has 2 rings (SSSR count). The van der Waals surface area contributed by atoms with Crippen molar-refractivity contribution in [2.75, 3.05) is 13.2 Å². The monoisotopic (exact) mass is 281 g/mol. The molecule has 0 saturated heterocycles. The maximum Gasteiger partial charge on any atom is 0.272 e. The summed E-state index contributed by atoms with van der Waals surface area (Å²) in [6, 6.07) is 7.00. The molecule has 2 N–H and O–H groups in total. The van der Waals surface area contributed by atoms with Gasteiger partial charge in [0.25, 0.3) is 6.43 Å². The molecule has 20 heavy (non-hydrogen) atoms. The second-order valence-corrected chi connectivity index (χ2v) is 4.36. The molecule has 0 atom stereocenters. The number of aryl methyl sites for hydroxylation is 1. The van der Waals surface area contributed by atoms with Crippen LogP contribution >= 0.6 is 0 Å². The number of nitrogens with zero attached hydrogens (tertiary/aromatic N) is 2. The SMILES string of the molecule is NCCCn1cc(-c2ccc(OCC(F)F)cc2)cn1. The third kappa shape index (κ3) is 4.03. The highest BCUT2D eigenvalue weighted by atomic mass is 19.3. The van der Waals surface area contributed by atoms with Crippen LogP contribution in [0.5, 0.6) is 5.75 Å². The van der Waals surface area contributed by atoms with E-state index in [-0.39, 0.29) is 0 Å². The molecule has 6 heteroatoms. The van der Waals surface area contributed by atoms with Gasteiger partial charge in [0.15, 0.2) is 0 Å². The van der Waals surface area contributed by atoms with Crippen LogP contribution in [0, 0.1) is 0 Å². The lowest BCUT2D eigenvalue weighted by Crippen LogP contribution is -2.06. The van der Waals surface area contributed by atoms with Crippen molar-refractivity contribution in [1.29, 1.82) is 0 Å². The Balaban J connectivity index is 2.00. The molecule has 1 heterocycles. The minimum atomic E-state index is -2.46. The van der Waals surface area contributed by atoms with Gasteiger partial charge in [-0.15, -0.1) is 0 Å². The molecule has 0 fully saturated rings. The Bertz CT molecular complexity index is 525. The summed E-state index contributed by atoms with van der Waals surface area (Å²) in [7, 11) is 0. The quantitative estimate of drug-likeness (QED) is 0.848. The molecule has 108 valence electrons. The van der Waals surface area contributed by atoms with Gasteiger partial charge in [-0.3, -0.25) is 4.68 Å². The highest BCUT2D eigenvalue weighted by Crippen LogP contribution is 2.22. The van der Waals surface area contributed by atoms with Gasteiger partial charge in [0, 0.05) is 18.3 Å². The molecule has 0 saturated carbocycles. The van der Waals surface area contributed by atoms with Gasteiger partial charge < -0.3 is 10.5 Å². The maximum atomic E-state index is 12.0. The van der Waals surface area contributed by atoms with E-state index in [0.29, 0.717) is 12.3 Å². The Kier molecular flexibility index (Phi) is 5.06. The third-order valence-electron chi connectivity index (χ3n) is 2.79. The maximum absolute atomic E-state index is 12.0. The van der Waals surface area contributed by atoms with Gasteiger partial charge in [-0.25, -0.2) is 8.78 Å². The molecule has 0 bridgehead atoms. The number of ether oxygens (including phenoxy) is 1. The van der Waals surface area contributed by atoms with E-state index in [1.807, 2.05) is 23.0 Å². The summed E-state index contributed by atoms with van der Waals surface area (Å²) in [4.78, 5) is 0. The van der Waals surface area contributed by atoms with Crippen molar-refractivity contribution in [2.45, 2.75) is 19.4 Å². The van der Waals surface area contributed by atoms with Crippen LogP contribution in [0.25, 0.3) is 11.1 Å². The van der Waals surface area contributed by atoms with E-state index in [2.05, 4.69) is 5.10 Å². The van der Waals surface area contributed by atoms with Crippen LogP contribution in [-0.4, -0.2) is 29.4 Å². The molecular weight excluding hydrogens is 264 g/mol. The molecule has 0 radical (unpaired) electrons. The van der Waals surface area contributed by atoms with Gasteiger partial charge in [-0.1, -0.05) is 12.1 Å². The average molecular weight is 281 g/mol. The summed E-state index contributed by atoms with van der Waals surface area (Å²) in [6.45, 7) is 0.827. The van der Waals surface area contributed by atoms with Gasteiger partial charge in [-0.05, 0) is 30.7 Å². The number of hydrogen-bond donors (Lipinski definition) is 1. The number of rotatable bonds is 7. The van der Waals surface area contributed by atoms with Crippen molar-refractivity contribution in [3.05, 3.63) is 36.7 Å². The fourth-order valence-electron chi connectivity index (χ4n) is 1.79. The van der Waals surface area contributed by atoms with Crippen LogP contribution in [0.1, 0.15) is 6.42 Å². The van der Waals surface area contributed by atoms with E-state index in [1.165, 1.54) is 0 Å². The molecule has 4 nitrogen and oxygen atoms in total. The zero-order chi connectivity index (χ0) is 14.4. The Morgan fingerprint density at radius 1 is 1.20 bits per heavy atom. The first-order valence-electron chi connectivity index (χ1n) is 6.43. The molecule has 0 amide bonds. The highest BCUT2D eigenvalue weighted by molar-refractivity contribution is 5.62. The van der Waals surface area contributed by atoms with E-state index in [1.54, 1.807) is 18.3 Å². The summed E-state index contributed by atoms with van der Waals surface area (Å²) in [5.74, 6) is 0.435. The largest absolute Gasteiger partial charge is 0.488 e. The summed E-state index contributed by atoms with van der Waals surface area (Å²) in [5, 5.41) is 4.24. The van der Waals surface area contributed by atoms with Gasteiger partial charge >= 0.3 is 0 Å². The van der Waals surface area contributed by atoms with E-state index in [9.17, 15) is 8.78 Å². The van der Waals surface area contributed by atoms with Gasteiger partial charge in [0.1, 0.15) is 12.4 Å². The lowest BCUT2D eigenvalue weighted by molar-refractivity contribution is 0.0819. The third-order valence-corrected chi connectivity index (χ3v) is 2.79. The number of benzene rings is 1. The van der Waals surface area contributed by atoms with Crippen LogP contribution in [0.3, 0.4) is 0 Å². The average Bonchev–Trinajstić information content (AvgIpc) is 2.92. The standard InChI is InChI=1S/C14H17F2N3O/c15-14(16)10-20-13-4-2-11(3-5-13)12-8-18-19(9-12)7-1-6-17/h2-5,8-9,14H,1,6-7,10,17H2. The first-order chi connectivity index (χ1) is 9.69. The second-order valence-electron chi connectivity index (χ2n) is 4.36. The van der Waals surface area contributed by atoms with Crippen LogP contribution in [0.15, 0.2) is 36.7 Å². The normalized spacial score (nSPS) is 11.0. The summed E-state index contributed by atoms with van der Waals surface area (Å²) < 4.78 is 30.8. The van der Waals surface area contributed by atoms with Crippen LogP contribution in [0.4, 0.5) is 8.78 Å². The Hall–Kier alpha value is -1.95. The Morgan fingerprint density at radius 2 is 1.95 bits per heavy atom. The van der Waals surface area contributed by atoms with Crippen molar-refractivity contribution in [3.8, 4) is 16.9 Å². The minimum absolute atomic E-state index is 0.435. The van der Waals surface area contributed by atoms with Crippen molar-refractivity contribution < 1.29 is 13.5 Å². The van der Waals surface area contributed by atoms with Crippen LogP contribution < -0.4 is 10.5 Å². The number of halogens is 2.